The van der Waals surface area contributed by atoms with Crippen molar-refractivity contribution in [2.75, 3.05) is 5.73 Å². The third-order valence-electron chi connectivity index (χ3n) is 3.53. The maximum atomic E-state index is 5.99. The van der Waals surface area contributed by atoms with Gasteiger partial charge in [0.1, 0.15) is 0 Å². The van der Waals surface area contributed by atoms with Crippen LogP contribution in [-0.4, -0.2) is 10.9 Å². The molecule has 0 unspecified atom stereocenters. The summed E-state index contributed by atoms with van der Waals surface area (Å²) in [6.45, 7) is 8.55. The highest BCUT2D eigenvalue weighted by molar-refractivity contribution is 7.09. The third kappa shape index (κ3) is 3.58. The minimum absolute atomic E-state index is 0.517. The molecule has 0 amide bonds. The van der Waals surface area contributed by atoms with Gasteiger partial charge in [0, 0.05) is 29.7 Å². The van der Waals surface area contributed by atoms with Gasteiger partial charge in [-0.2, -0.15) is 0 Å². The standard InChI is InChI=1S/C16H22N2S/c1-12(2)18(11-15-7-5-9-19-15)10-14-6-4-8-16(17)13(14)3/h4-9,12H,10-11,17H2,1-3H3. The lowest BCUT2D eigenvalue weighted by Crippen LogP contribution is -2.29. The fourth-order valence-corrected chi connectivity index (χ4v) is 2.85. The molecule has 0 radical (unpaired) electrons. The van der Waals surface area contributed by atoms with Crippen LogP contribution in [0.3, 0.4) is 0 Å². The summed E-state index contributed by atoms with van der Waals surface area (Å²) in [5.41, 5.74) is 9.41. The summed E-state index contributed by atoms with van der Waals surface area (Å²) in [7, 11) is 0. The number of nitrogens with zero attached hydrogens (tertiary/aromatic N) is 1. The van der Waals surface area contributed by atoms with Crippen molar-refractivity contribution >= 4 is 17.0 Å². The number of hydrogen-bond donors (Lipinski definition) is 1. The molecular formula is C16H22N2S. The fraction of sp³-hybridized carbons (Fsp3) is 0.375. The van der Waals surface area contributed by atoms with Crippen LogP contribution in [0.1, 0.15) is 29.9 Å². The summed E-state index contributed by atoms with van der Waals surface area (Å²) in [5.74, 6) is 0. The van der Waals surface area contributed by atoms with Crippen LogP contribution in [0, 0.1) is 6.92 Å². The molecule has 0 aliphatic carbocycles. The van der Waals surface area contributed by atoms with Crippen molar-refractivity contribution in [1.82, 2.24) is 4.90 Å². The van der Waals surface area contributed by atoms with Crippen LogP contribution in [0.15, 0.2) is 35.7 Å². The molecule has 19 heavy (non-hydrogen) atoms. The summed E-state index contributed by atoms with van der Waals surface area (Å²) in [6, 6.07) is 11.0. The van der Waals surface area contributed by atoms with Crippen LogP contribution < -0.4 is 5.73 Å². The molecule has 0 saturated carbocycles. The number of anilines is 1. The second kappa shape index (κ2) is 6.22. The van der Waals surface area contributed by atoms with Gasteiger partial charge in [-0.15, -0.1) is 11.3 Å². The van der Waals surface area contributed by atoms with Crippen LogP contribution in [0.25, 0.3) is 0 Å². The first-order valence-corrected chi connectivity index (χ1v) is 7.56. The molecule has 0 aliphatic rings. The van der Waals surface area contributed by atoms with Gasteiger partial charge in [-0.25, -0.2) is 0 Å². The first kappa shape index (κ1) is 14.1. The Balaban J connectivity index is 2.14. The van der Waals surface area contributed by atoms with Crippen LogP contribution in [-0.2, 0) is 13.1 Å². The molecule has 2 aromatic rings. The van der Waals surface area contributed by atoms with Gasteiger partial charge in [-0.1, -0.05) is 18.2 Å². The van der Waals surface area contributed by atoms with Gasteiger partial charge in [0.2, 0.25) is 0 Å². The van der Waals surface area contributed by atoms with Gasteiger partial charge in [-0.05, 0) is 49.4 Å². The third-order valence-corrected chi connectivity index (χ3v) is 4.39. The SMILES string of the molecule is Cc1c(N)cccc1CN(Cc1cccs1)C(C)C. The van der Waals surface area contributed by atoms with Crippen LogP contribution in [0.2, 0.25) is 0 Å². The average molecular weight is 274 g/mol. The highest BCUT2D eigenvalue weighted by Gasteiger charge is 2.13. The quantitative estimate of drug-likeness (QED) is 0.833. The van der Waals surface area contributed by atoms with Gasteiger partial charge < -0.3 is 5.73 Å². The van der Waals surface area contributed by atoms with E-state index in [1.54, 1.807) is 0 Å². The highest BCUT2D eigenvalue weighted by Crippen LogP contribution is 2.21. The van der Waals surface area contributed by atoms with E-state index in [1.165, 1.54) is 16.0 Å². The van der Waals surface area contributed by atoms with E-state index in [2.05, 4.69) is 49.3 Å². The lowest BCUT2D eigenvalue weighted by molar-refractivity contribution is 0.205. The molecule has 0 spiro atoms. The number of nitrogen functional groups attached to an aromatic ring is 1. The first-order chi connectivity index (χ1) is 9.08. The Morgan fingerprint density at radius 2 is 1.95 bits per heavy atom. The van der Waals surface area contributed by atoms with Crippen LogP contribution >= 0.6 is 11.3 Å². The van der Waals surface area contributed by atoms with Gasteiger partial charge in [0.15, 0.2) is 0 Å². The molecule has 1 heterocycles. The van der Waals surface area contributed by atoms with Gasteiger partial charge >= 0.3 is 0 Å². The lowest BCUT2D eigenvalue weighted by Gasteiger charge is -2.27. The van der Waals surface area contributed by atoms with Crippen molar-refractivity contribution in [2.24, 2.45) is 0 Å². The maximum absolute atomic E-state index is 5.99. The summed E-state index contributed by atoms with van der Waals surface area (Å²) in [4.78, 5) is 3.89. The van der Waals surface area contributed by atoms with E-state index in [4.69, 9.17) is 5.73 Å². The topological polar surface area (TPSA) is 29.3 Å². The smallest absolute Gasteiger partial charge is 0.0346 e. The van der Waals surface area contributed by atoms with Crippen LogP contribution in [0.5, 0.6) is 0 Å². The number of nitrogens with two attached hydrogens (primary N) is 1. The molecule has 0 atom stereocenters. The molecule has 0 bridgehead atoms. The number of thiophene rings is 1. The van der Waals surface area contributed by atoms with Crippen molar-refractivity contribution in [3.8, 4) is 0 Å². The molecule has 1 aromatic heterocycles. The molecular weight excluding hydrogens is 252 g/mol. The monoisotopic (exact) mass is 274 g/mol. The molecule has 0 saturated heterocycles. The average Bonchev–Trinajstić information content (AvgIpc) is 2.86. The molecule has 1 aromatic carbocycles. The number of hydrogen-bond acceptors (Lipinski definition) is 3. The Bertz CT molecular complexity index is 518. The summed E-state index contributed by atoms with van der Waals surface area (Å²) < 4.78 is 0. The van der Waals surface area contributed by atoms with Gasteiger partial charge in [-0.3, -0.25) is 4.90 Å². The van der Waals surface area contributed by atoms with E-state index in [1.807, 2.05) is 23.5 Å². The van der Waals surface area contributed by atoms with Crippen molar-refractivity contribution in [2.45, 2.75) is 39.9 Å². The molecule has 2 N–H and O–H groups in total. The molecule has 2 nitrogen and oxygen atoms in total. The Morgan fingerprint density at radius 3 is 2.58 bits per heavy atom. The maximum Gasteiger partial charge on any atom is 0.0346 e. The van der Waals surface area contributed by atoms with E-state index in [0.29, 0.717) is 6.04 Å². The lowest BCUT2D eigenvalue weighted by atomic mass is 10.1. The second-order valence-electron chi connectivity index (χ2n) is 5.21. The van der Waals surface area contributed by atoms with Crippen molar-refractivity contribution in [3.63, 3.8) is 0 Å². The zero-order chi connectivity index (χ0) is 13.8. The summed E-state index contributed by atoms with van der Waals surface area (Å²) >= 11 is 1.82. The first-order valence-electron chi connectivity index (χ1n) is 6.68. The molecule has 0 aliphatic heterocycles. The Hall–Kier alpha value is -1.32. The largest absolute Gasteiger partial charge is 0.399 e. The van der Waals surface area contributed by atoms with Crippen molar-refractivity contribution in [3.05, 3.63) is 51.7 Å². The van der Waals surface area contributed by atoms with Crippen molar-refractivity contribution < 1.29 is 0 Å². The minimum Gasteiger partial charge on any atom is -0.399 e. The second-order valence-corrected chi connectivity index (χ2v) is 6.24. The summed E-state index contributed by atoms with van der Waals surface area (Å²) in [6.07, 6.45) is 0. The van der Waals surface area contributed by atoms with E-state index in [9.17, 15) is 0 Å². The number of benzene rings is 1. The Labute approximate surface area is 119 Å². The van der Waals surface area contributed by atoms with Gasteiger partial charge in [0.25, 0.3) is 0 Å². The zero-order valence-electron chi connectivity index (χ0n) is 11.9. The zero-order valence-corrected chi connectivity index (χ0v) is 12.7. The van der Waals surface area contributed by atoms with E-state index in [-0.39, 0.29) is 0 Å². The molecule has 102 valence electrons. The molecule has 2 rings (SSSR count). The van der Waals surface area contributed by atoms with Crippen molar-refractivity contribution in [1.29, 1.82) is 0 Å². The van der Waals surface area contributed by atoms with Crippen LogP contribution in [0.4, 0.5) is 5.69 Å². The van der Waals surface area contributed by atoms with E-state index < -0.39 is 0 Å². The van der Waals surface area contributed by atoms with E-state index >= 15 is 0 Å². The predicted molar refractivity (Wildman–Crippen MR) is 84.3 cm³/mol. The molecule has 0 fully saturated rings. The Morgan fingerprint density at radius 1 is 1.16 bits per heavy atom. The fourth-order valence-electron chi connectivity index (χ4n) is 2.12. The number of rotatable bonds is 5. The highest BCUT2D eigenvalue weighted by atomic mass is 32.1. The minimum atomic E-state index is 0.517. The predicted octanol–water partition coefficient (Wildman–Crippen LogP) is 4.05. The molecule has 3 heteroatoms. The Kier molecular flexibility index (Phi) is 4.61. The normalized spacial score (nSPS) is 11.4. The summed E-state index contributed by atoms with van der Waals surface area (Å²) in [5, 5.41) is 2.14. The van der Waals surface area contributed by atoms with E-state index in [0.717, 1.165) is 18.8 Å². The van der Waals surface area contributed by atoms with Gasteiger partial charge in [0.05, 0.1) is 0 Å².